The summed E-state index contributed by atoms with van der Waals surface area (Å²) in [5.74, 6) is 0. The molecule has 0 amide bonds. The molecule has 2 aliphatic heterocycles. The largest absolute Gasteiger partial charge is 0.316 e. The van der Waals surface area contributed by atoms with E-state index in [-0.39, 0.29) is 0 Å². The zero-order valence-electron chi connectivity index (χ0n) is 9.40. The standard InChI is InChI=1S/C9H18N2.C2H6/c1-2-11-6-4-9(8-11)3-5-10-7-9;1-2/h10H,2-8H2,1H3;1-2H3. The van der Waals surface area contributed by atoms with Gasteiger partial charge in [0.1, 0.15) is 0 Å². The number of hydrogen-bond donors (Lipinski definition) is 1. The minimum absolute atomic E-state index is 0.677. The molecule has 1 atom stereocenters. The molecule has 0 saturated carbocycles. The molecule has 2 saturated heterocycles. The van der Waals surface area contributed by atoms with Crippen LogP contribution in [0.5, 0.6) is 0 Å². The van der Waals surface area contributed by atoms with Gasteiger partial charge in [-0.1, -0.05) is 20.8 Å². The SMILES string of the molecule is CC.CCN1CCC2(CCNC2)C1. The van der Waals surface area contributed by atoms with Crippen LogP contribution in [0.4, 0.5) is 0 Å². The summed E-state index contributed by atoms with van der Waals surface area (Å²) in [6.45, 7) is 12.7. The van der Waals surface area contributed by atoms with Crippen LogP contribution in [0, 0.1) is 5.41 Å². The van der Waals surface area contributed by atoms with Gasteiger partial charge in [-0.05, 0) is 37.9 Å². The highest BCUT2D eigenvalue weighted by Crippen LogP contribution is 2.35. The normalized spacial score (nSPS) is 33.5. The van der Waals surface area contributed by atoms with E-state index < -0.39 is 0 Å². The van der Waals surface area contributed by atoms with Gasteiger partial charge in [0, 0.05) is 13.1 Å². The van der Waals surface area contributed by atoms with Crippen molar-refractivity contribution in [1.82, 2.24) is 10.2 Å². The van der Waals surface area contributed by atoms with E-state index in [1.807, 2.05) is 13.8 Å². The summed E-state index contributed by atoms with van der Waals surface area (Å²) in [7, 11) is 0. The van der Waals surface area contributed by atoms with E-state index >= 15 is 0 Å². The molecule has 0 radical (unpaired) electrons. The van der Waals surface area contributed by atoms with Gasteiger partial charge in [-0.3, -0.25) is 0 Å². The molecule has 0 aliphatic carbocycles. The molecule has 2 heterocycles. The Hall–Kier alpha value is -0.0800. The fraction of sp³-hybridized carbons (Fsp3) is 1.00. The van der Waals surface area contributed by atoms with Gasteiger partial charge >= 0.3 is 0 Å². The van der Waals surface area contributed by atoms with Crippen LogP contribution in [-0.2, 0) is 0 Å². The third-order valence-corrected chi connectivity index (χ3v) is 3.30. The highest BCUT2D eigenvalue weighted by atomic mass is 15.2. The minimum Gasteiger partial charge on any atom is -0.316 e. The van der Waals surface area contributed by atoms with Crippen LogP contribution in [0.1, 0.15) is 33.6 Å². The van der Waals surface area contributed by atoms with Gasteiger partial charge in [0.15, 0.2) is 0 Å². The Kier molecular flexibility index (Phi) is 4.20. The summed E-state index contributed by atoms with van der Waals surface area (Å²) in [6, 6.07) is 0. The van der Waals surface area contributed by atoms with E-state index in [0.717, 1.165) is 0 Å². The lowest BCUT2D eigenvalue weighted by atomic mass is 9.87. The van der Waals surface area contributed by atoms with Crippen molar-refractivity contribution in [3.63, 3.8) is 0 Å². The molecular weight excluding hydrogens is 160 g/mol. The van der Waals surface area contributed by atoms with Gasteiger partial charge in [-0.25, -0.2) is 0 Å². The Morgan fingerprint density at radius 2 is 2.08 bits per heavy atom. The molecule has 2 nitrogen and oxygen atoms in total. The maximum Gasteiger partial charge on any atom is 0.00510 e. The summed E-state index contributed by atoms with van der Waals surface area (Å²) < 4.78 is 0. The fourth-order valence-corrected chi connectivity index (χ4v) is 2.44. The number of nitrogens with one attached hydrogen (secondary N) is 1. The van der Waals surface area contributed by atoms with Crippen molar-refractivity contribution < 1.29 is 0 Å². The highest BCUT2D eigenvalue weighted by Gasteiger charge is 2.39. The van der Waals surface area contributed by atoms with Crippen LogP contribution in [0.2, 0.25) is 0 Å². The fourth-order valence-electron chi connectivity index (χ4n) is 2.44. The smallest absolute Gasteiger partial charge is 0.00510 e. The van der Waals surface area contributed by atoms with Crippen LogP contribution in [0.15, 0.2) is 0 Å². The zero-order valence-corrected chi connectivity index (χ0v) is 9.40. The molecule has 1 N–H and O–H groups in total. The van der Waals surface area contributed by atoms with Gasteiger partial charge in [0.05, 0.1) is 0 Å². The zero-order chi connectivity index (χ0) is 9.73. The summed E-state index contributed by atoms with van der Waals surface area (Å²) in [5, 5.41) is 3.47. The molecule has 0 aromatic carbocycles. The quantitative estimate of drug-likeness (QED) is 0.667. The molecule has 0 bridgehead atoms. The average Bonchev–Trinajstić information content (AvgIpc) is 2.81. The van der Waals surface area contributed by atoms with Crippen LogP contribution in [0.3, 0.4) is 0 Å². The van der Waals surface area contributed by atoms with Gasteiger partial charge in [-0.15, -0.1) is 0 Å². The Labute approximate surface area is 82.7 Å². The maximum atomic E-state index is 3.47. The lowest BCUT2D eigenvalue weighted by molar-refractivity contribution is 0.284. The predicted octanol–water partition coefficient (Wildman–Crippen LogP) is 1.72. The van der Waals surface area contributed by atoms with E-state index in [2.05, 4.69) is 17.1 Å². The van der Waals surface area contributed by atoms with E-state index in [0.29, 0.717) is 5.41 Å². The maximum absolute atomic E-state index is 3.47. The first-order valence-electron chi connectivity index (χ1n) is 5.78. The highest BCUT2D eigenvalue weighted by molar-refractivity contribution is 4.95. The average molecular weight is 184 g/mol. The van der Waals surface area contributed by atoms with Crippen molar-refractivity contribution in [3.05, 3.63) is 0 Å². The molecule has 1 spiro atoms. The van der Waals surface area contributed by atoms with Gasteiger partial charge in [0.2, 0.25) is 0 Å². The molecule has 0 aromatic rings. The van der Waals surface area contributed by atoms with Gasteiger partial charge < -0.3 is 10.2 Å². The van der Waals surface area contributed by atoms with Crippen LogP contribution in [-0.4, -0.2) is 37.6 Å². The summed E-state index contributed by atoms with van der Waals surface area (Å²) in [4.78, 5) is 2.58. The number of likely N-dealkylation sites (tertiary alicyclic amines) is 1. The van der Waals surface area contributed by atoms with Gasteiger partial charge in [0.25, 0.3) is 0 Å². The second kappa shape index (κ2) is 4.97. The monoisotopic (exact) mass is 184 g/mol. The first-order valence-corrected chi connectivity index (χ1v) is 5.78. The number of rotatable bonds is 1. The Morgan fingerprint density at radius 3 is 2.54 bits per heavy atom. The third-order valence-electron chi connectivity index (χ3n) is 3.30. The number of nitrogens with zero attached hydrogens (tertiary/aromatic N) is 1. The van der Waals surface area contributed by atoms with Gasteiger partial charge in [-0.2, -0.15) is 0 Å². The molecule has 2 heteroatoms. The molecule has 2 fully saturated rings. The topological polar surface area (TPSA) is 15.3 Å². The second-order valence-corrected chi connectivity index (χ2v) is 4.05. The molecule has 78 valence electrons. The van der Waals surface area contributed by atoms with E-state index in [1.54, 1.807) is 0 Å². The molecule has 2 aliphatic rings. The van der Waals surface area contributed by atoms with E-state index in [9.17, 15) is 0 Å². The van der Waals surface area contributed by atoms with Crippen molar-refractivity contribution >= 4 is 0 Å². The van der Waals surface area contributed by atoms with E-state index in [4.69, 9.17) is 0 Å². The first kappa shape index (κ1) is 11.0. The predicted molar refractivity (Wildman–Crippen MR) is 58.0 cm³/mol. The van der Waals surface area contributed by atoms with Crippen molar-refractivity contribution in [2.24, 2.45) is 5.41 Å². The molecule has 2 rings (SSSR count). The summed E-state index contributed by atoms with van der Waals surface area (Å²) >= 11 is 0. The minimum atomic E-state index is 0.677. The van der Waals surface area contributed by atoms with Crippen molar-refractivity contribution in [2.45, 2.75) is 33.6 Å². The Bertz CT molecular complexity index is 139. The van der Waals surface area contributed by atoms with Crippen molar-refractivity contribution in [1.29, 1.82) is 0 Å². The van der Waals surface area contributed by atoms with Crippen molar-refractivity contribution in [3.8, 4) is 0 Å². The second-order valence-electron chi connectivity index (χ2n) is 4.05. The molecule has 13 heavy (non-hydrogen) atoms. The molecule has 1 unspecified atom stereocenters. The lowest BCUT2D eigenvalue weighted by Crippen LogP contribution is -2.28. The summed E-state index contributed by atoms with van der Waals surface area (Å²) in [6.07, 6.45) is 2.83. The van der Waals surface area contributed by atoms with Crippen LogP contribution >= 0.6 is 0 Å². The van der Waals surface area contributed by atoms with Crippen molar-refractivity contribution in [2.75, 3.05) is 32.7 Å². The lowest BCUT2D eigenvalue weighted by Gasteiger charge is -2.21. The number of hydrogen-bond acceptors (Lipinski definition) is 2. The first-order chi connectivity index (χ1) is 6.35. The van der Waals surface area contributed by atoms with Crippen LogP contribution < -0.4 is 5.32 Å². The third kappa shape index (κ3) is 2.44. The van der Waals surface area contributed by atoms with E-state index in [1.165, 1.54) is 45.6 Å². The summed E-state index contributed by atoms with van der Waals surface area (Å²) in [5.41, 5.74) is 0.677. The molecular formula is C11H24N2. The Morgan fingerprint density at radius 1 is 1.31 bits per heavy atom. The molecule has 0 aromatic heterocycles. The van der Waals surface area contributed by atoms with Crippen LogP contribution in [0.25, 0.3) is 0 Å². The Balaban J connectivity index is 0.000000396.